The predicted octanol–water partition coefficient (Wildman–Crippen LogP) is 4.83. The zero-order valence-electron chi connectivity index (χ0n) is 12.1. The van der Waals surface area contributed by atoms with E-state index in [-0.39, 0.29) is 5.92 Å². The molecule has 2 heteroatoms. The highest BCUT2D eigenvalue weighted by Crippen LogP contribution is 2.34. The molecule has 1 fully saturated rings. The third kappa shape index (κ3) is 3.60. The van der Waals surface area contributed by atoms with Crippen molar-refractivity contribution in [2.24, 2.45) is 17.8 Å². The van der Waals surface area contributed by atoms with Crippen molar-refractivity contribution in [3.63, 3.8) is 0 Å². The van der Waals surface area contributed by atoms with Crippen LogP contribution in [0.3, 0.4) is 0 Å². The van der Waals surface area contributed by atoms with Gasteiger partial charge in [-0.05, 0) is 55.2 Å². The van der Waals surface area contributed by atoms with Gasteiger partial charge in [0.15, 0.2) is 0 Å². The van der Waals surface area contributed by atoms with Gasteiger partial charge in [-0.3, -0.25) is 4.79 Å². The van der Waals surface area contributed by atoms with E-state index >= 15 is 0 Å². The highest BCUT2D eigenvalue weighted by atomic mass is 35.5. The lowest BCUT2D eigenvalue weighted by Gasteiger charge is -2.30. The normalized spacial score (nSPS) is 23.9. The first-order chi connectivity index (χ1) is 8.97. The number of Topliss-reactive ketones (excluding diaryl/α,β-unsaturated/α-hetero) is 1. The van der Waals surface area contributed by atoms with Gasteiger partial charge in [0.1, 0.15) is 5.78 Å². The number of carbonyl (C=O) groups excluding carboxylic acids is 1. The Labute approximate surface area is 121 Å². The summed E-state index contributed by atoms with van der Waals surface area (Å²) >= 11 is 6.28. The van der Waals surface area contributed by atoms with Crippen molar-refractivity contribution in [1.29, 1.82) is 0 Å². The zero-order valence-corrected chi connectivity index (χ0v) is 12.8. The molecule has 104 valence electrons. The van der Waals surface area contributed by atoms with Crippen LogP contribution in [0.2, 0.25) is 5.02 Å². The first-order valence-corrected chi connectivity index (χ1v) is 7.63. The summed E-state index contributed by atoms with van der Waals surface area (Å²) < 4.78 is 0. The molecule has 2 rings (SSSR count). The highest BCUT2D eigenvalue weighted by Gasteiger charge is 2.30. The van der Waals surface area contributed by atoms with Crippen molar-refractivity contribution in [3.05, 3.63) is 34.3 Å². The fourth-order valence-electron chi connectivity index (χ4n) is 3.03. The van der Waals surface area contributed by atoms with Gasteiger partial charge in [-0.1, -0.05) is 37.6 Å². The maximum atomic E-state index is 12.1. The maximum absolute atomic E-state index is 12.1. The average Bonchev–Trinajstić information content (AvgIpc) is 2.34. The average molecular weight is 279 g/mol. The number of benzene rings is 1. The summed E-state index contributed by atoms with van der Waals surface area (Å²) in [5, 5.41) is 0.805. The van der Waals surface area contributed by atoms with Crippen LogP contribution in [-0.2, 0) is 11.2 Å². The van der Waals surface area contributed by atoms with Crippen LogP contribution in [0.1, 0.15) is 44.2 Å². The number of rotatable bonds is 3. The van der Waals surface area contributed by atoms with Crippen molar-refractivity contribution in [2.75, 3.05) is 0 Å². The lowest BCUT2D eigenvalue weighted by molar-refractivity contribution is -0.125. The molecule has 0 bridgehead atoms. The standard InChI is InChI=1S/C17H23ClO/c1-11(2)13-6-7-17(19)15(9-13)10-14-5-4-12(3)8-16(14)18/h4-5,8,11,13,15H,6-7,9-10H2,1-3H3. The van der Waals surface area contributed by atoms with Gasteiger partial charge in [0.2, 0.25) is 0 Å². The first kappa shape index (κ1) is 14.6. The second-order valence-corrected chi connectivity index (χ2v) is 6.65. The molecule has 1 saturated carbocycles. The smallest absolute Gasteiger partial charge is 0.136 e. The van der Waals surface area contributed by atoms with Gasteiger partial charge in [0, 0.05) is 17.4 Å². The molecule has 1 aliphatic carbocycles. The molecule has 0 N–H and O–H groups in total. The van der Waals surface area contributed by atoms with E-state index in [2.05, 4.69) is 26.0 Å². The quantitative estimate of drug-likeness (QED) is 0.774. The van der Waals surface area contributed by atoms with Gasteiger partial charge in [0.25, 0.3) is 0 Å². The molecule has 0 aromatic heterocycles. The summed E-state index contributed by atoms with van der Waals surface area (Å²) in [6.45, 7) is 6.56. The minimum absolute atomic E-state index is 0.168. The predicted molar refractivity (Wildman–Crippen MR) is 80.6 cm³/mol. The first-order valence-electron chi connectivity index (χ1n) is 7.25. The fourth-order valence-corrected chi connectivity index (χ4v) is 3.34. The van der Waals surface area contributed by atoms with Crippen LogP contribution in [-0.4, -0.2) is 5.78 Å². The summed E-state index contributed by atoms with van der Waals surface area (Å²) in [4.78, 5) is 12.1. The SMILES string of the molecule is Cc1ccc(CC2CC(C(C)C)CCC2=O)c(Cl)c1. The highest BCUT2D eigenvalue weighted by molar-refractivity contribution is 6.31. The molecule has 2 unspecified atom stereocenters. The lowest BCUT2D eigenvalue weighted by atomic mass is 9.73. The van der Waals surface area contributed by atoms with E-state index in [1.807, 2.05) is 13.0 Å². The molecule has 0 saturated heterocycles. The lowest BCUT2D eigenvalue weighted by Crippen LogP contribution is -2.29. The number of halogens is 1. The van der Waals surface area contributed by atoms with Crippen LogP contribution in [0.5, 0.6) is 0 Å². The van der Waals surface area contributed by atoms with Crippen molar-refractivity contribution in [2.45, 2.75) is 46.5 Å². The van der Waals surface area contributed by atoms with E-state index < -0.39 is 0 Å². The van der Waals surface area contributed by atoms with E-state index in [9.17, 15) is 4.79 Å². The van der Waals surface area contributed by atoms with Crippen molar-refractivity contribution in [1.82, 2.24) is 0 Å². The Morgan fingerprint density at radius 2 is 2.11 bits per heavy atom. The van der Waals surface area contributed by atoms with Crippen LogP contribution < -0.4 is 0 Å². The van der Waals surface area contributed by atoms with E-state index in [1.54, 1.807) is 0 Å². The number of hydrogen-bond acceptors (Lipinski definition) is 1. The Morgan fingerprint density at radius 1 is 1.37 bits per heavy atom. The van der Waals surface area contributed by atoms with Gasteiger partial charge >= 0.3 is 0 Å². The molecule has 19 heavy (non-hydrogen) atoms. The van der Waals surface area contributed by atoms with Crippen LogP contribution in [0, 0.1) is 24.7 Å². The Hall–Kier alpha value is -0.820. The molecule has 0 spiro atoms. The fraction of sp³-hybridized carbons (Fsp3) is 0.588. The Kier molecular flexibility index (Phi) is 4.67. The van der Waals surface area contributed by atoms with E-state index in [4.69, 9.17) is 11.6 Å². The summed E-state index contributed by atoms with van der Waals surface area (Å²) in [6.07, 6.45) is 3.65. The van der Waals surface area contributed by atoms with Gasteiger partial charge in [0.05, 0.1) is 0 Å². The van der Waals surface area contributed by atoms with Crippen LogP contribution >= 0.6 is 11.6 Å². The monoisotopic (exact) mass is 278 g/mol. The third-order valence-corrected chi connectivity index (χ3v) is 4.77. The molecule has 1 nitrogen and oxygen atoms in total. The van der Waals surface area contributed by atoms with Gasteiger partial charge in [-0.25, -0.2) is 0 Å². The minimum Gasteiger partial charge on any atom is -0.299 e. The summed E-state index contributed by atoms with van der Waals surface area (Å²) in [6, 6.07) is 6.14. The van der Waals surface area contributed by atoms with Crippen LogP contribution in [0.4, 0.5) is 0 Å². The van der Waals surface area contributed by atoms with Gasteiger partial charge in [-0.15, -0.1) is 0 Å². The summed E-state index contributed by atoms with van der Waals surface area (Å²) in [7, 11) is 0. The van der Waals surface area contributed by atoms with Gasteiger partial charge < -0.3 is 0 Å². The van der Waals surface area contributed by atoms with Crippen LogP contribution in [0.15, 0.2) is 18.2 Å². The third-order valence-electron chi connectivity index (χ3n) is 4.42. The van der Waals surface area contributed by atoms with Crippen molar-refractivity contribution >= 4 is 17.4 Å². The Balaban J connectivity index is 2.10. The van der Waals surface area contributed by atoms with Gasteiger partial charge in [-0.2, -0.15) is 0 Å². The molecular weight excluding hydrogens is 256 g/mol. The molecule has 0 heterocycles. The number of carbonyl (C=O) groups is 1. The number of hydrogen-bond donors (Lipinski definition) is 0. The molecule has 0 radical (unpaired) electrons. The molecule has 0 amide bonds. The van der Waals surface area contributed by atoms with Crippen molar-refractivity contribution < 1.29 is 4.79 Å². The molecule has 1 aromatic carbocycles. The Bertz CT molecular complexity index is 464. The zero-order chi connectivity index (χ0) is 14.0. The van der Waals surface area contributed by atoms with E-state index in [1.165, 1.54) is 5.56 Å². The second-order valence-electron chi connectivity index (χ2n) is 6.24. The Morgan fingerprint density at radius 3 is 2.74 bits per heavy atom. The maximum Gasteiger partial charge on any atom is 0.136 e. The van der Waals surface area contributed by atoms with Crippen molar-refractivity contribution in [3.8, 4) is 0 Å². The molecule has 2 atom stereocenters. The van der Waals surface area contributed by atoms with E-state index in [0.29, 0.717) is 17.6 Å². The summed E-state index contributed by atoms with van der Waals surface area (Å²) in [5.74, 6) is 1.95. The molecule has 0 aliphatic heterocycles. The number of ketones is 1. The largest absolute Gasteiger partial charge is 0.299 e. The number of aryl methyl sites for hydroxylation is 1. The second kappa shape index (κ2) is 6.09. The molecule has 1 aliphatic rings. The molecular formula is C17H23ClO. The van der Waals surface area contributed by atoms with Crippen LogP contribution in [0.25, 0.3) is 0 Å². The minimum atomic E-state index is 0.168. The topological polar surface area (TPSA) is 17.1 Å². The van der Waals surface area contributed by atoms with E-state index in [0.717, 1.165) is 36.3 Å². The summed E-state index contributed by atoms with van der Waals surface area (Å²) in [5.41, 5.74) is 2.29. The molecule has 1 aromatic rings.